The lowest BCUT2D eigenvalue weighted by molar-refractivity contribution is -0.140. The summed E-state index contributed by atoms with van der Waals surface area (Å²) in [5.74, 6) is 0.427. The lowest BCUT2D eigenvalue weighted by Gasteiger charge is -2.09. The van der Waals surface area contributed by atoms with Crippen LogP contribution in [0, 0.1) is 0 Å². The third-order valence-corrected chi connectivity index (χ3v) is 5.55. The molecule has 0 saturated carbocycles. The van der Waals surface area contributed by atoms with E-state index in [0.717, 1.165) is 27.3 Å². The Hall–Kier alpha value is -1.84. The highest BCUT2D eigenvalue weighted by Gasteiger charge is 2.33. The van der Waals surface area contributed by atoms with Crippen LogP contribution in [0.2, 0.25) is 0 Å². The Labute approximate surface area is 150 Å². The van der Waals surface area contributed by atoms with Gasteiger partial charge in [0.15, 0.2) is 11.5 Å². The molecule has 0 fully saturated rings. The number of nitrogens with zero attached hydrogens (tertiary/aromatic N) is 3. The number of aliphatic hydroxyl groups excluding tert-OH is 1. The summed E-state index contributed by atoms with van der Waals surface area (Å²) in [6.07, 6.45) is -4.95. The number of thiazole rings is 1. The number of alkyl halides is 3. The zero-order valence-corrected chi connectivity index (χ0v) is 14.9. The van der Waals surface area contributed by atoms with E-state index >= 15 is 0 Å². The first-order valence-corrected chi connectivity index (χ1v) is 9.06. The predicted molar refractivity (Wildman–Crippen MR) is 91.6 cm³/mol. The minimum atomic E-state index is -4.43. The van der Waals surface area contributed by atoms with Crippen molar-refractivity contribution < 1.29 is 18.3 Å². The third-order valence-electron chi connectivity index (χ3n) is 3.74. The molecule has 3 rings (SSSR count). The van der Waals surface area contributed by atoms with Crippen LogP contribution in [0.3, 0.4) is 0 Å². The lowest BCUT2D eigenvalue weighted by atomic mass is 10.1. The molecule has 0 aliphatic carbocycles. The van der Waals surface area contributed by atoms with Gasteiger partial charge in [0.2, 0.25) is 0 Å². The largest absolute Gasteiger partial charge is 0.434 e. The highest BCUT2D eigenvalue weighted by molar-refractivity contribution is 7.13. The molecule has 2 unspecified atom stereocenters. The highest BCUT2D eigenvalue weighted by atomic mass is 32.1. The number of aliphatic hydroxyl groups is 1. The Kier molecular flexibility index (Phi) is 4.90. The van der Waals surface area contributed by atoms with Gasteiger partial charge < -0.3 is 5.11 Å². The van der Waals surface area contributed by atoms with Crippen LogP contribution in [0.5, 0.6) is 0 Å². The van der Waals surface area contributed by atoms with Gasteiger partial charge in [0.25, 0.3) is 0 Å². The van der Waals surface area contributed by atoms with Crippen LogP contribution in [-0.2, 0) is 6.18 Å². The van der Waals surface area contributed by atoms with Gasteiger partial charge >= 0.3 is 6.18 Å². The fraction of sp³-hybridized carbons (Fsp3) is 0.312. The Morgan fingerprint density at radius 1 is 1.04 bits per heavy atom. The van der Waals surface area contributed by atoms with E-state index in [2.05, 4.69) is 14.3 Å². The van der Waals surface area contributed by atoms with E-state index in [4.69, 9.17) is 0 Å². The zero-order chi connectivity index (χ0) is 18.2. The molecular weight excluding hydrogens is 371 g/mol. The van der Waals surface area contributed by atoms with Gasteiger partial charge in [-0.25, -0.2) is 9.97 Å². The molecule has 4 nitrogen and oxygen atoms in total. The molecule has 0 aliphatic heterocycles. The van der Waals surface area contributed by atoms with Gasteiger partial charge in [-0.3, -0.25) is 0 Å². The quantitative estimate of drug-likeness (QED) is 0.699. The van der Waals surface area contributed by atoms with E-state index in [1.54, 1.807) is 31.2 Å². The van der Waals surface area contributed by atoms with E-state index in [-0.39, 0.29) is 5.92 Å². The number of aromatic nitrogens is 3. The summed E-state index contributed by atoms with van der Waals surface area (Å²) in [6.45, 7) is 3.57. The summed E-state index contributed by atoms with van der Waals surface area (Å²) in [7, 11) is 0. The third kappa shape index (κ3) is 3.88. The fourth-order valence-electron chi connectivity index (χ4n) is 2.04. The molecule has 0 aliphatic rings. The molecule has 0 amide bonds. The Morgan fingerprint density at radius 2 is 1.68 bits per heavy atom. The first-order valence-electron chi connectivity index (χ1n) is 7.41. The maximum Gasteiger partial charge on any atom is 0.434 e. The van der Waals surface area contributed by atoms with Crippen LogP contribution in [-0.4, -0.2) is 25.6 Å². The highest BCUT2D eigenvalue weighted by Crippen LogP contribution is 2.34. The van der Waals surface area contributed by atoms with Gasteiger partial charge in [-0.15, -0.1) is 11.3 Å². The molecular formula is C16H14F3N3OS2. The molecule has 9 heteroatoms. The molecule has 1 N–H and O–H groups in total. The van der Waals surface area contributed by atoms with E-state index in [9.17, 15) is 18.3 Å². The van der Waals surface area contributed by atoms with Gasteiger partial charge in [0, 0.05) is 22.4 Å². The van der Waals surface area contributed by atoms with Gasteiger partial charge in [-0.2, -0.15) is 17.5 Å². The van der Waals surface area contributed by atoms with Crippen LogP contribution in [0.1, 0.15) is 30.5 Å². The second-order valence-corrected chi connectivity index (χ2v) is 7.24. The molecule has 3 aromatic rings. The van der Waals surface area contributed by atoms with Crippen molar-refractivity contribution in [2.24, 2.45) is 0 Å². The number of halogens is 3. The number of hydrogen-bond donors (Lipinski definition) is 1. The van der Waals surface area contributed by atoms with Crippen LogP contribution >= 0.6 is 22.9 Å². The number of benzene rings is 1. The molecule has 0 radical (unpaired) electrons. The van der Waals surface area contributed by atoms with E-state index in [1.807, 2.05) is 6.92 Å². The number of hydrogen-bond acceptors (Lipinski definition) is 6. The smallest absolute Gasteiger partial charge is 0.393 e. The van der Waals surface area contributed by atoms with Gasteiger partial charge in [-0.1, -0.05) is 31.2 Å². The van der Waals surface area contributed by atoms with Crippen molar-refractivity contribution in [1.82, 2.24) is 14.3 Å². The van der Waals surface area contributed by atoms with Crippen molar-refractivity contribution in [2.75, 3.05) is 0 Å². The average Bonchev–Trinajstić information content (AvgIpc) is 3.23. The second-order valence-electron chi connectivity index (χ2n) is 5.60. The Bertz CT molecular complexity index is 856. The molecule has 0 bridgehead atoms. The summed E-state index contributed by atoms with van der Waals surface area (Å²) in [4.78, 5) is 8.06. The van der Waals surface area contributed by atoms with Crippen molar-refractivity contribution in [2.45, 2.75) is 32.0 Å². The maximum atomic E-state index is 12.6. The molecule has 25 heavy (non-hydrogen) atoms. The van der Waals surface area contributed by atoms with Crippen molar-refractivity contribution >= 4 is 22.9 Å². The SMILES string of the molecule is CC(O)C(C)c1nc(-c2ccc(-c3nc(C(F)(F)F)cs3)cc2)ns1. The topological polar surface area (TPSA) is 58.9 Å². The zero-order valence-electron chi connectivity index (χ0n) is 13.3. The van der Waals surface area contributed by atoms with Gasteiger partial charge in [0.05, 0.1) is 6.10 Å². The van der Waals surface area contributed by atoms with Crippen LogP contribution in [0.4, 0.5) is 13.2 Å². The Morgan fingerprint density at radius 3 is 2.24 bits per heavy atom. The first-order chi connectivity index (χ1) is 11.8. The van der Waals surface area contributed by atoms with E-state index in [1.165, 1.54) is 11.5 Å². The molecule has 2 atom stereocenters. The minimum absolute atomic E-state index is 0.110. The lowest BCUT2D eigenvalue weighted by Crippen LogP contribution is -2.10. The maximum absolute atomic E-state index is 12.6. The molecule has 0 spiro atoms. The normalized spacial score (nSPS) is 14.5. The number of rotatable bonds is 4. The summed E-state index contributed by atoms with van der Waals surface area (Å²) in [5.41, 5.74) is 0.489. The predicted octanol–water partition coefficient (Wildman–Crippen LogP) is 4.83. The standard InChI is InChI=1S/C16H14F3N3OS2/c1-8(9(2)23)14-21-13(22-25-14)10-3-5-11(6-4-10)15-20-12(7-24-15)16(17,18)19/h3-9,23H,1-2H3. The van der Waals surface area contributed by atoms with Crippen LogP contribution in [0.15, 0.2) is 29.6 Å². The van der Waals surface area contributed by atoms with E-state index < -0.39 is 18.0 Å². The Balaban J connectivity index is 1.82. The van der Waals surface area contributed by atoms with Crippen LogP contribution < -0.4 is 0 Å². The molecule has 1 aromatic carbocycles. The fourth-order valence-corrected chi connectivity index (χ4v) is 3.69. The monoisotopic (exact) mass is 385 g/mol. The average molecular weight is 385 g/mol. The second kappa shape index (κ2) is 6.81. The molecule has 0 saturated heterocycles. The van der Waals surface area contributed by atoms with Crippen molar-refractivity contribution in [3.05, 3.63) is 40.3 Å². The van der Waals surface area contributed by atoms with Gasteiger partial charge in [0.1, 0.15) is 10.0 Å². The van der Waals surface area contributed by atoms with Crippen molar-refractivity contribution in [3.8, 4) is 22.0 Å². The van der Waals surface area contributed by atoms with Crippen molar-refractivity contribution in [1.29, 1.82) is 0 Å². The van der Waals surface area contributed by atoms with E-state index in [0.29, 0.717) is 16.4 Å². The van der Waals surface area contributed by atoms with Crippen molar-refractivity contribution in [3.63, 3.8) is 0 Å². The molecule has 132 valence electrons. The molecule has 2 heterocycles. The summed E-state index contributed by atoms with van der Waals surface area (Å²) >= 11 is 2.19. The summed E-state index contributed by atoms with van der Waals surface area (Å²) in [5, 5.41) is 11.7. The van der Waals surface area contributed by atoms with Gasteiger partial charge in [-0.05, 0) is 18.5 Å². The van der Waals surface area contributed by atoms with Crippen LogP contribution in [0.25, 0.3) is 22.0 Å². The summed E-state index contributed by atoms with van der Waals surface area (Å²) < 4.78 is 42.2. The summed E-state index contributed by atoms with van der Waals surface area (Å²) in [6, 6.07) is 6.91. The first kappa shape index (κ1) is 18.0. The minimum Gasteiger partial charge on any atom is -0.393 e. The molecule has 2 aromatic heterocycles.